The number of halogens is 4. The minimum Gasteiger partial charge on any atom is -0.484 e. The number of nitrogens with one attached hydrogen (secondary N) is 1. The lowest BCUT2D eigenvalue weighted by Crippen LogP contribution is -2.42. The topological polar surface area (TPSA) is 118 Å². The molecule has 206 valence electrons. The second-order valence-electron chi connectivity index (χ2n) is 8.08. The summed E-state index contributed by atoms with van der Waals surface area (Å²) in [6.07, 6.45) is -2.74. The third-order valence-corrected chi connectivity index (χ3v) is 6.68. The predicted molar refractivity (Wildman–Crippen MR) is 134 cm³/mol. The molecule has 2 aromatic rings. The maximum atomic E-state index is 13.1. The van der Waals surface area contributed by atoms with Gasteiger partial charge >= 0.3 is 6.18 Å². The Morgan fingerprint density at radius 1 is 1.18 bits per heavy atom. The Kier molecular flexibility index (Phi) is 9.57. The molecule has 1 aliphatic rings. The third kappa shape index (κ3) is 8.33. The lowest BCUT2D eigenvalue weighted by molar-refractivity contribution is -0.138. The van der Waals surface area contributed by atoms with Crippen molar-refractivity contribution >= 4 is 45.3 Å². The number of hydrogen-bond donors (Lipinski definition) is 1. The smallest absolute Gasteiger partial charge is 0.416 e. The number of amides is 2. The monoisotopic (exact) mass is 576 g/mol. The van der Waals surface area contributed by atoms with Crippen molar-refractivity contribution in [1.29, 1.82) is 0 Å². The van der Waals surface area contributed by atoms with Gasteiger partial charge in [-0.2, -0.15) is 18.3 Å². The summed E-state index contributed by atoms with van der Waals surface area (Å²) in [4.78, 5) is 26.1. The van der Waals surface area contributed by atoms with Crippen LogP contribution in [0.15, 0.2) is 47.6 Å². The zero-order valence-corrected chi connectivity index (χ0v) is 21.6. The summed E-state index contributed by atoms with van der Waals surface area (Å²) in [5.41, 5.74) is 1.05. The van der Waals surface area contributed by atoms with Gasteiger partial charge in [-0.15, -0.1) is 0 Å². The summed E-state index contributed by atoms with van der Waals surface area (Å²) in [6.45, 7) is 1.01. The van der Waals surface area contributed by atoms with Gasteiger partial charge in [-0.05, 0) is 48.0 Å². The zero-order valence-electron chi connectivity index (χ0n) is 20.1. The van der Waals surface area contributed by atoms with Gasteiger partial charge in [0, 0.05) is 13.1 Å². The fraction of sp³-hybridized carbons (Fsp3) is 0.348. The SMILES string of the molecule is CS(=O)(=O)N(CC(=O)N/N=C\c1ccc(OCC(=O)N2CCOCC2)cc1)c1cc(C(F)(F)F)ccc1Cl. The molecule has 38 heavy (non-hydrogen) atoms. The molecular formula is C23H24ClF3N4O6S. The van der Waals surface area contributed by atoms with Crippen LogP contribution in [0, 0.1) is 0 Å². The quantitative estimate of drug-likeness (QED) is 0.362. The third-order valence-electron chi connectivity index (χ3n) is 5.24. The largest absolute Gasteiger partial charge is 0.484 e. The number of nitrogens with zero attached hydrogens (tertiary/aromatic N) is 3. The average Bonchev–Trinajstić information content (AvgIpc) is 2.86. The van der Waals surface area contributed by atoms with Gasteiger partial charge in [0.05, 0.1) is 42.0 Å². The fourth-order valence-corrected chi connectivity index (χ4v) is 4.43. The summed E-state index contributed by atoms with van der Waals surface area (Å²) >= 11 is 5.94. The molecule has 0 bridgehead atoms. The lowest BCUT2D eigenvalue weighted by atomic mass is 10.2. The van der Waals surface area contributed by atoms with Gasteiger partial charge in [-0.3, -0.25) is 13.9 Å². The Labute approximate surface area is 222 Å². The van der Waals surface area contributed by atoms with Crippen molar-refractivity contribution < 1.29 is 40.7 Å². The first-order chi connectivity index (χ1) is 17.8. The number of anilines is 1. The van der Waals surface area contributed by atoms with Crippen LogP contribution in [-0.4, -0.2) is 77.1 Å². The molecule has 0 aliphatic carbocycles. The summed E-state index contributed by atoms with van der Waals surface area (Å²) in [6, 6.07) is 8.56. The Morgan fingerprint density at radius 2 is 1.84 bits per heavy atom. The molecule has 3 rings (SSSR count). The number of benzene rings is 2. The van der Waals surface area contributed by atoms with Crippen LogP contribution in [0.4, 0.5) is 18.9 Å². The summed E-state index contributed by atoms with van der Waals surface area (Å²) in [5.74, 6) is -0.632. The Bertz CT molecular complexity index is 1280. The molecule has 1 aliphatic heterocycles. The number of carbonyl (C=O) groups is 2. The van der Waals surface area contributed by atoms with E-state index in [1.165, 1.54) is 6.21 Å². The van der Waals surface area contributed by atoms with E-state index in [1.54, 1.807) is 29.2 Å². The highest BCUT2D eigenvalue weighted by Gasteiger charge is 2.33. The van der Waals surface area contributed by atoms with Crippen molar-refractivity contribution in [2.45, 2.75) is 6.18 Å². The minimum absolute atomic E-state index is 0.129. The summed E-state index contributed by atoms with van der Waals surface area (Å²) in [5, 5.41) is 3.46. The molecule has 2 amide bonds. The van der Waals surface area contributed by atoms with Gasteiger partial charge in [0.1, 0.15) is 12.3 Å². The second kappa shape index (κ2) is 12.5. The highest BCUT2D eigenvalue weighted by atomic mass is 35.5. The number of ether oxygens (including phenoxy) is 2. The summed E-state index contributed by atoms with van der Waals surface area (Å²) in [7, 11) is -4.18. The minimum atomic E-state index is -4.74. The molecule has 2 aromatic carbocycles. The summed E-state index contributed by atoms with van der Waals surface area (Å²) < 4.78 is 74.9. The van der Waals surface area contributed by atoms with Gasteiger partial charge < -0.3 is 14.4 Å². The van der Waals surface area contributed by atoms with E-state index in [9.17, 15) is 31.2 Å². The van der Waals surface area contributed by atoms with E-state index < -0.39 is 39.9 Å². The van der Waals surface area contributed by atoms with E-state index in [0.29, 0.717) is 54.1 Å². The molecule has 10 nitrogen and oxygen atoms in total. The number of alkyl halides is 3. The van der Waals surface area contributed by atoms with Crippen LogP contribution < -0.4 is 14.5 Å². The van der Waals surface area contributed by atoms with Crippen LogP contribution in [0.1, 0.15) is 11.1 Å². The van der Waals surface area contributed by atoms with Gasteiger partial charge in [0.15, 0.2) is 6.61 Å². The van der Waals surface area contributed by atoms with E-state index >= 15 is 0 Å². The highest BCUT2D eigenvalue weighted by molar-refractivity contribution is 7.92. The number of hydrazone groups is 1. The molecule has 0 aromatic heterocycles. The van der Waals surface area contributed by atoms with E-state index in [1.807, 2.05) is 0 Å². The van der Waals surface area contributed by atoms with Gasteiger partial charge in [-0.1, -0.05) is 11.6 Å². The van der Waals surface area contributed by atoms with Crippen molar-refractivity contribution in [2.24, 2.45) is 5.10 Å². The molecule has 1 saturated heterocycles. The van der Waals surface area contributed by atoms with Crippen molar-refractivity contribution in [2.75, 3.05) is 50.0 Å². The number of hydrogen-bond acceptors (Lipinski definition) is 7. The first-order valence-corrected chi connectivity index (χ1v) is 13.3. The van der Waals surface area contributed by atoms with Gasteiger partial charge in [0.2, 0.25) is 10.0 Å². The van der Waals surface area contributed by atoms with Gasteiger partial charge in [0.25, 0.3) is 11.8 Å². The molecular weight excluding hydrogens is 553 g/mol. The predicted octanol–water partition coefficient (Wildman–Crippen LogP) is 2.51. The first kappa shape index (κ1) is 29.2. The fourth-order valence-electron chi connectivity index (χ4n) is 3.31. The Hall–Kier alpha value is -3.36. The van der Waals surface area contributed by atoms with Crippen molar-refractivity contribution in [3.8, 4) is 5.75 Å². The number of morpholine rings is 1. The van der Waals surface area contributed by atoms with Crippen LogP contribution in [0.3, 0.4) is 0 Å². The molecule has 1 fully saturated rings. The van der Waals surface area contributed by atoms with Crippen molar-refractivity contribution in [3.05, 3.63) is 58.6 Å². The van der Waals surface area contributed by atoms with Crippen molar-refractivity contribution in [1.82, 2.24) is 10.3 Å². The number of carbonyl (C=O) groups excluding carboxylic acids is 2. The first-order valence-electron chi connectivity index (χ1n) is 11.1. The van der Waals surface area contributed by atoms with E-state index in [0.717, 1.165) is 12.3 Å². The second-order valence-corrected chi connectivity index (χ2v) is 10.4. The number of rotatable bonds is 9. The number of sulfonamides is 1. The highest BCUT2D eigenvalue weighted by Crippen LogP contribution is 2.36. The van der Waals surface area contributed by atoms with Crippen LogP contribution in [0.2, 0.25) is 5.02 Å². The van der Waals surface area contributed by atoms with Crippen LogP contribution in [-0.2, 0) is 30.5 Å². The van der Waals surface area contributed by atoms with Gasteiger partial charge in [-0.25, -0.2) is 13.8 Å². The lowest BCUT2D eigenvalue weighted by Gasteiger charge is -2.26. The Balaban J connectivity index is 1.58. The van der Waals surface area contributed by atoms with Crippen LogP contribution in [0.25, 0.3) is 0 Å². The average molecular weight is 577 g/mol. The van der Waals surface area contributed by atoms with Crippen LogP contribution >= 0.6 is 11.6 Å². The maximum Gasteiger partial charge on any atom is 0.416 e. The molecule has 15 heteroatoms. The van der Waals surface area contributed by atoms with E-state index in [2.05, 4.69) is 10.5 Å². The zero-order chi connectivity index (χ0) is 27.9. The van der Waals surface area contributed by atoms with Crippen LogP contribution in [0.5, 0.6) is 5.75 Å². The molecule has 0 saturated carbocycles. The normalized spacial score (nSPS) is 14.4. The van der Waals surface area contributed by atoms with E-state index in [-0.39, 0.29) is 17.5 Å². The molecule has 0 spiro atoms. The van der Waals surface area contributed by atoms with E-state index in [4.69, 9.17) is 21.1 Å². The molecule has 0 atom stereocenters. The molecule has 1 N–H and O–H groups in total. The maximum absolute atomic E-state index is 13.1. The molecule has 0 unspecified atom stereocenters. The molecule has 1 heterocycles. The van der Waals surface area contributed by atoms with Crippen molar-refractivity contribution in [3.63, 3.8) is 0 Å². The molecule has 0 radical (unpaired) electrons. The Morgan fingerprint density at radius 3 is 2.45 bits per heavy atom. The standard InChI is InChI=1S/C23H24ClF3N4O6S/c1-38(34,35)31(20-12-17(23(25,26)27)4-7-19(20)24)14-21(32)29-28-13-16-2-5-18(6-3-16)37-15-22(33)30-8-10-36-11-9-30/h2-7,12-13H,8-11,14-15H2,1H3,(H,29,32)/b28-13-.